The fourth-order valence-corrected chi connectivity index (χ4v) is 2.10. The van der Waals surface area contributed by atoms with Gasteiger partial charge in [0.05, 0.1) is 5.56 Å². The Labute approximate surface area is 100 Å². The van der Waals surface area contributed by atoms with Crippen LogP contribution in [-0.2, 0) is 0 Å². The molecule has 0 aliphatic heterocycles. The molecule has 1 aromatic rings. The van der Waals surface area contributed by atoms with Gasteiger partial charge in [0.25, 0.3) is 5.91 Å². The lowest BCUT2D eigenvalue weighted by Gasteiger charge is -2.26. The molecule has 1 aromatic heterocycles. The summed E-state index contributed by atoms with van der Waals surface area (Å²) in [5.74, 6) is -0.119. The zero-order chi connectivity index (χ0) is 12.3. The Morgan fingerprint density at radius 2 is 1.88 bits per heavy atom. The molecule has 17 heavy (non-hydrogen) atoms. The van der Waals surface area contributed by atoms with Crippen LogP contribution in [0.15, 0.2) is 24.5 Å². The number of hydrogen-bond donors (Lipinski definition) is 2. The van der Waals surface area contributed by atoms with Gasteiger partial charge in [-0.3, -0.25) is 4.79 Å². The molecule has 1 amide bonds. The molecular formula is C12H17N3O2. The summed E-state index contributed by atoms with van der Waals surface area (Å²) in [7, 11) is 0. The van der Waals surface area contributed by atoms with Crippen molar-refractivity contribution >= 4 is 5.91 Å². The number of aromatic nitrogens is 1. The van der Waals surface area contributed by atoms with E-state index in [-0.39, 0.29) is 18.0 Å². The number of hydrogen-bond acceptors (Lipinski definition) is 3. The zero-order valence-corrected chi connectivity index (χ0v) is 9.63. The maximum Gasteiger partial charge on any atom is 0.251 e. The number of nitrogens with two attached hydrogens (primary N) is 1. The van der Waals surface area contributed by atoms with Gasteiger partial charge in [-0.2, -0.15) is 4.73 Å². The van der Waals surface area contributed by atoms with E-state index in [1.807, 2.05) is 0 Å². The zero-order valence-electron chi connectivity index (χ0n) is 9.63. The van der Waals surface area contributed by atoms with Crippen LogP contribution in [0.2, 0.25) is 0 Å². The Morgan fingerprint density at radius 1 is 1.29 bits per heavy atom. The van der Waals surface area contributed by atoms with Gasteiger partial charge in [-0.1, -0.05) is 0 Å². The average Bonchev–Trinajstić information content (AvgIpc) is 2.33. The van der Waals surface area contributed by atoms with Gasteiger partial charge in [0.15, 0.2) is 12.4 Å². The van der Waals surface area contributed by atoms with E-state index in [4.69, 9.17) is 5.73 Å². The molecule has 0 saturated heterocycles. The first-order valence-corrected chi connectivity index (χ1v) is 5.90. The van der Waals surface area contributed by atoms with Crippen LogP contribution in [0.5, 0.6) is 0 Å². The Hall–Kier alpha value is -1.62. The van der Waals surface area contributed by atoms with Gasteiger partial charge >= 0.3 is 0 Å². The summed E-state index contributed by atoms with van der Waals surface area (Å²) in [6, 6.07) is 3.54. The van der Waals surface area contributed by atoms with Gasteiger partial charge in [0.2, 0.25) is 0 Å². The molecule has 92 valence electrons. The lowest BCUT2D eigenvalue weighted by molar-refractivity contribution is -0.605. The third kappa shape index (κ3) is 3.17. The predicted molar refractivity (Wildman–Crippen MR) is 63.1 cm³/mol. The van der Waals surface area contributed by atoms with E-state index in [0.29, 0.717) is 10.3 Å². The van der Waals surface area contributed by atoms with Gasteiger partial charge in [-0.25, -0.2) is 0 Å². The number of nitrogens with zero attached hydrogens (tertiary/aromatic N) is 1. The Bertz CT molecular complexity index is 383. The summed E-state index contributed by atoms with van der Waals surface area (Å²) < 4.78 is 0.663. The second-order valence-electron chi connectivity index (χ2n) is 4.53. The van der Waals surface area contributed by atoms with E-state index in [0.717, 1.165) is 25.7 Å². The molecule has 1 heterocycles. The normalized spacial score (nSPS) is 24.3. The Morgan fingerprint density at radius 3 is 2.47 bits per heavy atom. The molecule has 0 bridgehead atoms. The monoisotopic (exact) mass is 235 g/mol. The number of pyridine rings is 1. The second-order valence-corrected chi connectivity index (χ2v) is 4.53. The van der Waals surface area contributed by atoms with Gasteiger partial charge < -0.3 is 16.3 Å². The summed E-state index contributed by atoms with van der Waals surface area (Å²) in [4.78, 5) is 11.9. The standard InChI is InChI=1S/C12H17N3O2/c13-10-1-3-11(4-2-10)14-12(16)9-5-7-15(17)8-6-9/h5-8,10-11H,1-4,13H2,(H,14,16). The number of amides is 1. The molecule has 1 saturated carbocycles. The molecule has 0 atom stereocenters. The first kappa shape index (κ1) is 11.9. The maximum atomic E-state index is 11.9. The van der Waals surface area contributed by atoms with Crippen LogP contribution < -0.4 is 15.8 Å². The molecule has 5 heteroatoms. The molecule has 0 unspecified atom stereocenters. The molecule has 0 radical (unpaired) electrons. The van der Waals surface area contributed by atoms with Crippen molar-refractivity contribution in [3.63, 3.8) is 0 Å². The minimum Gasteiger partial charge on any atom is -0.619 e. The number of carbonyl (C=O) groups is 1. The summed E-state index contributed by atoms with van der Waals surface area (Å²) in [6.07, 6.45) is 6.43. The SMILES string of the molecule is NC1CCC(NC(=O)c2cc[n+]([O-])cc2)CC1. The van der Waals surface area contributed by atoms with E-state index < -0.39 is 0 Å². The Balaban J connectivity index is 1.91. The summed E-state index contributed by atoms with van der Waals surface area (Å²) >= 11 is 0. The Kier molecular flexibility index (Phi) is 3.58. The van der Waals surface area contributed by atoms with Crippen molar-refractivity contribution < 1.29 is 9.52 Å². The van der Waals surface area contributed by atoms with Crippen molar-refractivity contribution in [3.05, 3.63) is 35.3 Å². The molecule has 1 fully saturated rings. The quantitative estimate of drug-likeness (QED) is 0.572. The highest BCUT2D eigenvalue weighted by Crippen LogP contribution is 2.17. The number of rotatable bonds is 2. The highest BCUT2D eigenvalue weighted by molar-refractivity contribution is 5.94. The first-order valence-electron chi connectivity index (χ1n) is 5.90. The number of nitrogens with one attached hydrogen (secondary N) is 1. The molecule has 1 aliphatic carbocycles. The van der Waals surface area contributed by atoms with Crippen LogP contribution in [0, 0.1) is 5.21 Å². The molecule has 1 aliphatic rings. The van der Waals surface area contributed by atoms with Gasteiger partial charge in [-0.15, -0.1) is 0 Å². The lowest BCUT2D eigenvalue weighted by atomic mass is 9.91. The molecule has 0 spiro atoms. The summed E-state index contributed by atoms with van der Waals surface area (Å²) in [6.45, 7) is 0. The van der Waals surface area contributed by atoms with E-state index in [1.165, 1.54) is 24.5 Å². The van der Waals surface area contributed by atoms with Crippen LogP contribution in [0.4, 0.5) is 0 Å². The van der Waals surface area contributed by atoms with Crippen molar-refractivity contribution in [3.8, 4) is 0 Å². The van der Waals surface area contributed by atoms with E-state index in [2.05, 4.69) is 5.32 Å². The van der Waals surface area contributed by atoms with Crippen LogP contribution in [-0.4, -0.2) is 18.0 Å². The van der Waals surface area contributed by atoms with Crippen molar-refractivity contribution in [1.82, 2.24) is 5.32 Å². The van der Waals surface area contributed by atoms with Crippen LogP contribution >= 0.6 is 0 Å². The molecule has 3 N–H and O–H groups in total. The van der Waals surface area contributed by atoms with Crippen LogP contribution in [0.25, 0.3) is 0 Å². The topological polar surface area (TPSA) is 82.1 Å². The molecule has 0 aromatic carbocycles. The minimum atomic E-state index is -0.119. The third-order valence-corrected chi connectivity index (χ3v) is 3.17. The summed E-state index contributed by atoms with van der Waals surface area (Å²) in [5.41, 5.74) is 6.33. The minimum absolute atomic E-state index is 0.119. The molecular weight excluding hydrogens is 218 g/mol. The van der Waals surface area contributed by atoms with Crippen molar-refractivity contribution in [1.29, 1.82) is 0 Å². The second kappa shape index (κ2) is 5.14. The highest BCUT2D eigenvalue weighted by Gasteiger charge is 2.20. The largest absolute Gasteiger partial charge is 0.619 e. The molecule has 5 nitrogen and oxygen atoms in total. The van der Waals surface area contributed by atoms with Crippen molar-refractivity contribution in [2.24, 2.45) is 5.73 Å². The lowest BCUT2D eigenvalue weighted by Crippen LogP contribution is -2.40. The fraction of sp³-hybridized carbons (Fsp3) is 0.500. The van der Waals surface area contributed by atoms with E-state index in [9.17, 15) is 10.0 Å². The third-order valence-electron chi connectivity index (χ3n) is 3.17. The number of carbonyl (C=O) groups excluding carboxylic acids is 1. The fourth-order valence-electron chi connectivity index (χ4n) is 2.10. The predicted octanol–water partition coefficient (Wildman–Crippen LogP) is 0.320. The average molecular weight is 235 g/mol. The van der Waals surface area contributed by atoms with E-state index >= 15 is 0 Å². The van der Waals surface area contributed by atoms with Gasteiger partial charge in [0, 0.05) is 24.2 Å². The first-order chi connectivity index (χ1) is 8.15. The maximum absolute atomic E-state index is 11.9. The van der Waals surface area contributed by atoms with Crippen molar-refractivity contribution in [2.45, 2.75) is 37.8 Å². The van der Waals surface area contributed by atoms with E-state index in [1.54, 1.807) is 0 Å². The highest BCUT2D eigenvalue weighted by atomic mass is 16.5. The van der Waals surface area contributed by atoms with Crippen LogP contribution in [0.3, 0.4) is 0 Å². The molecule has 2 rings (SSSR count). The van der Waals surface area contributed by atoms with Gasteiger partial charge in [-0.05, 0) is 25.7 Å². The van der Waals surface area contributed by atoms with Crippen LogP contribution in [0.1, 0.15) is 36.0 Å². The van der Waals surface area contributed by atoms with Gasteiger partial charge in [0.1, 0.15) is 0 Å². The van der Waals surface area contributed by atoms with Crippen molar-refractivity contribution in [2.75, 3.05) is 0 Å². The smallest absolute Gasteiger partial charge is 0.251 e. The summed E-state index contributed by atoms with van der Waals surface area (Å²) in [5, 5.41) is 13.8.